The van der Waals surface area contributed by atoms with E-state index in [0.29, 0.717) is 12.6 Å². The summed E-state index contributed by atoms with van der Waals surface area (Å²) in [6, 6.07) is 16.4. The summed E-state index contributed by atoms with van der Waals surface area (Å²) in [6.07, 6.45) is 2.75. The van der Waals surface area contributed by atoms with Crippen molar-refractivity contribution >= 4 is 10.8 Å². The average molecular weight is 282 g/mol. The Morgan fingerprint density at radius 1 is 1.10 bits per heavy atom. The summed E-state index contributed by atoms with van der Waals surface area (Å²) in [5.74, 6) is 0. The van der Waals surface area contributed by atoms with Crippen LogP contribution in [0.1, 0.15) is 24.4 Å². The smallest absolute Gasteiger partial charge is 0.0894 e. The Balaban J connectivity index is 1.74. The predicted molar refractivity (Wildman–Crippen MR) is 85.2 cm³/mol. The molecule has 2 atom stereocenters. The van der Waals surface area contributed by atoms with Crippen LogP contribution < -0.4 is 5.73 Å². The molecule has 1 saturated carbocycles. The van der Waals surface area contributed by atoms with Crippen molar-refractivity contribution < 1.29 is 4.74 Å². The van der Waals surface area contributed by atoms with Gasteiger partial charge in [0.15, 0.2) is 0 Å². The van der Waals surface area contributed by atoms with Crippen LogP contribution in [0.5, 0.6) is 0 Å². The molecular formula is C18H22N2O. The van der Waals surface area contributed by atoms with Gasteiger partial charge in [0.05, 0.1) is 18.8 Å². The Kier molecular flexibility index (Phi) is 3.42. The van der Waals surface area contributed by atoms with Gasteiger partial charge in [-0.15, -0.1) is 0 Å². The van der Waals surface area contributed by atoms with Gasteiger partial charge in [0.25, 0.3) is 0 Å². The molecule has 0 bridgehead atoms. The Morgan fingerprint density at radius 3 is 2.67 bits per heavy atom. The van der Waals surface area contributed by atoms with Crippen LogP contribution >= 0.6 is 0 Å². The van der Waals surface area contributed by atoms with Gasteiger partial charge in [0.1, 0.15) is 0 Å². The standard InChI is InChI=1S/C18H22N2O/c19-12-17-18(20(9-10-21-17)16-7-8-16)15-6-5-13-3-1-2-4-14(13)11-15/h1-6,11,16-18H,7-10,12,19H2. The lowest BCUT2D eigenvalue weighted by Gasteiger charge is -2.41. The fraction of sp³-hybridized carbons (Fsp3) is 0.444. The monoisotopic (exact) mass is 282 g/mol. The van der Waals surface area contributed by atoms with E-state index in [4.69, 9.17) is 10.5 Å². The molecule has 21 heavy (non-hydrogen) atoms. The first-order valence-corrected chi connectivity index (χ1v) is 7.93. The van der Waals surface area contributed by atoms with Crippen LogP contribution in [0.25, 0.3) is 10.8 Å². The third kappa shape index (κ3) is 2.46. The highest BCUT2D eigenvalue weighted by molar-refractivity contribution is 5.83. The van der Waals surface area contributed by atoms with Crippen molar-refractivity contribution in [2.45, 2.75) is 31.0 Å². The van der Waals surface area contributed by atoms with E-state index in [1.54, 1.807) is 0 Å². The molecule has 1 saturated heterocycles. The molecule has 0 amide bonds. The highest BCUT2D eigenvalue weighted by Gasteiger charge is 2.40. The molecule has 2 unspecified atom stereocenters. The topological polar surface area (TPSA) is 38.5 Å². The lowest BCUT2D eigenvalue weighted by atomic mass is 9.95. The average Bonchev–Trinajstić information content (AvgIpc) is 3.38. The zero-order valence-corrected chi connectivity index (χ0v) is 12.2. The molecule has 2 aromatic rings. The molecular weight excluding hydrogens is 260 g/mol. The van der Waals surface area contributed by atoms with Crippen LogP contribution in [-0.4, -0.2) is 36.7 Å². The van der Waals surface area contributed by atoms with Crippen molar-refractivity contribution in [3.63, 3.8) is 0 Å². The van der Waals surface area contributed by atoms with Gasteiger partial charge < -0.3 is 10.5 Å². The molecule has 3 nitrogen and oxygen atoms in total. The number of hydrogen-bond donors (Lipinski definition) is 1. The van der Waals surface area contributed by atoms with E-state index in [0.717, 1.165) is 19.2 Å². The Morgan fingerprint density at radius 2 is 1.90 bits per heavy atom. The van der Waals surface area contributed by atoms with E-state index in [1.807, 2.05) is 0 Å². The third-order valence-corrected chi connectivity index (χ3v) is 4.75. The van der Waals surface area contributed by atoms with Crippen LogP contribution in [0.4, 0.5) is 0 Å². The van der Waals surface area contributed by atoms with E-state index in [9.17, 15) is 0 Å². The number of hydrogen-bond acceptors (Lipinski definition) is 3. The maximum atomic E-state index is 5.97. The molecule has 2 fully saturated rings. The van der Waals surface area contributed by atoms with Crippen LogP contribution in [0.15, 0.2) is 42.5 Å². The van der Waals surface area contributed by atoms with Crippen molar-refractivity contribution in [3.05, 3.63) is 48.0 Å². The van der Waals surface area contributed by atoms with Crippen LogP contribution in [0.2, 0.25) is 0 Å². The summed E-state index contributed by atoms with van der Waals surface area (Å²) in [5.41, 5.74) is 7.32. The van der Waals surface area contributed by atoms with Crippen molar-refractivity contribution in [2.24, 2.45) is 5.73 Å². The normalized spacial score (nSPS) is 27.1. The maximum Gasteiger partial charge on any atom is 0.0894 e. The molecule has 2 aromatic carbocycles. The summed E-state index contributed by atoms with van der Waals surface area (Å²) in [7, 11) is 0. The van der Waals surface area contributed by atoms with Crippen molar-refractivity contribution in [3.8, 4) is 0 Å². The second kappa shape index (κ2) is 5.41. The first kappa shape index (κ1) is 13.3. The lowest BCUT2D eigenvalue weighted by molar-refractivity contribution is -0.0712. The highest BCUT2D eigenvalue weighted by atomic mass is 16.5. The number of benzene rings is 2. The van der Waals surface area contributed by atoms with Crippen molar-refractivity contribution in [1.29, 1.82) is 0 Å². The van der Waals surface area contributed by atoms with E-state index in [2.05, 4.69) is 47.4 Å². The first-order valence-electron chi connectivity index (χ1n) is 7.93. The minimum atomic E-state index is 0.112. The van der Waals surface area contributed by atoms with E-state index in [-0.39, 0.29) is 6.10 Å². The predicted octanol–water partition coefficient (Wildman–Crippen LogP) is 2.70. The van der Waals surface area contributed by atoms with E-state index in [1.165, 1.54) is 29.2 Å². The minimum absolute atomic E-state index is 0.112. The SMILES string of the molecule is NCC1OCCN(C2CC2)C1c1ccc2ccccc2c1. The lowest BCUT2D eigenvalue weighted by Crippen LogP contribution is -2.49. The highest BCUT2D eigenvalue weighted by Crippen LogP contribution is 2.39. The van der Waals surface area contributed by atoms with E-state index < -0.39 is 0 Å². The quantitative estimate of drug-likeness (QED) is 0.940. The van der Waals surface area contributed by atoms with Gasteiger partial charge in [-0.2, -0.15) is 0 Å². The molecule has 4 rings (SSSR count). The van der Waals surface area contributed by atoms with Gasteiger partial charge in [-0.3, -0.25) is 4.90 Å². The van der Waals surface area contributed by atoms with Crippen LogP contribution in [0, 0.1) is 0 Å². The minimum Gasteiger partial charge on any atom is -0.374 e. The molecule has 3 heteroatoms. The number of morpholine rings is 1. The fourth-order valence-corrected chi connectivity index (χ4v) is 3.56. The summed E-state index contributed by atoms with van der Waals surface area (Å²) in [5, 5.41) is 2.59. The second-order valence-corrected chi connectivity index (χ2v) is 6.17. The molecule has 1 heterocycles. The molecule has 0 radical (unpaired) electrons. The largest absolute Gasteiger partial charge is 0.374 e. The number of ether oxygens (including phenoxy) is 1. The van der Waals surface area contributed by atoms with Gasteiger partial charge in [0.2, 0.25) is 0 Å². The molecule has 1 aliphatic carbocycles. The molecule has 0 aromatic heterocycles. The van der Waals surface area contributed by atoms with Gasteiger partial charge in [-0.1, -0.05) is 36.4 Å². The summed E-state index contributed by atoms with van der Waals surface area (Å²) < 4.78 is 5.95. The van der Waals surface area contributed by atoms with Gasteiger partial charge in [0, 0.05) is 19.1 Å². The number of nitrogens with two attached hydrogens (primary N) is 1. The Hall–Kier alpha value is -1.42. The summed E-state index contributed by atoms with van der Waals surface area (Å²) >= 11 is 0. The molecule has 110 valence electrons. The van der Waals surface area contributed by atoms with Crippen molar-refractivity contribution in [1.82, 2.24) is 4.90 Å². The van der Waals surface area contributed by atoms with E-state index >= 15 is 0 Å². The fourth-order valence-electron chi connectivity index (χ4n) is 3.56. The number of rotatable bonds is 3. The van der Waals surface area contributed by atoms with Crippen LogP contribution in [0.3, 0.4) is 0 Å². The van der Waals surface area contributed by atoms with Gasteiger partial charge in [-0.05, 0) is 35.2 Å². The zero-order chi connectivity index (χ0) is 14.2. The van der Waals surface area contributed by atoms with Crippen LogP contribution in [-0.2, 0) is 4.74 Å². The molecule has 1 aliphatic heterocycles. The Labute approximate surface area is 125 Å². The summed E-state index contributed by atoms with van der Waals surface area (Å²) in [6.45, 7) is 2.42. The first-order chi connectivity index (χ1) is 10.4. The van der Waals surface area contributed by atoms with Gasteiger partial charge >= 0.3 is 0 Å². The maximum absolute atomic E-state index is 5.97. The second-order valence-electron chi connectivity index (χ2n) is 6.17. The van der Waals surface area contributed by atoms with Crippen molar-refractivity contribution in [2.75, 3.05) is 19.7 Å². The third-order valence-electron chi connectivity index (χ3n) is 4.75. The molecule has 0 spiro atoms. The summed E-state index contributed by atoms with van der Waals surface area (Å²) in [4.78, 5) is 2.62. The van der Waals surface area contributed by atoms with Gasteiger partial charge in [-0.25, -0.2) is 0 Å². The Bertz CT molecular complexity index is 638. The number of fused-ring (bicyclic) bond motifs is 1. The molecule has 2 N–H and O–H groups in total. The number of nitrogens with zero attached hydrogens (tertiary/aromatic N) is 1. The zero-order valence-electron chi connectivity index (χ0n) is 12.2. The molecule has 2 aliphatic rings.